The fourth-order valence-corrected chi connectivity index (χ4v) is 6.94. The summed E-state index contributed by atoms with van der Waals surface area (Å²) in [6, 6.07) is 14.6. The lowest BCUT2D eigenvalue weighted by atomic mass is 9.87. The van der Waals surface area contributed by atoms with E-state index in [1.54, 1.807) is 13.3 Å². The number of piperidine rings is 1. The summed E-state index contributed by atoms with van der Waals surface area (Å²) in [6.07, 6.45) is 5.11. The van der Waals surface area contributed by atoms with Crippen molar-refractivity contribution in [3.63, 3.8) is 0 Å². The van der Waals surface area contributed by atoms with Gasteiger partial charge in [0.1, 0.15) is 12.0 Å². The summed E-state index contributed by atoms with van der Waals surface area (Å²) in [5, 5.41) is 11.2. The van der Waals surface area contributed by atoms with E-state index in [1.807, 2.05) is 17.0 Å². The third-order valence-electron chi connectivity index (χ3n) is 8.56. The molecule has 1 aliphatic rings. The molecule has 0 bridgehead atoms. The molecule has 1 fully saturated rings. The van der Waals surface area contributed by atoms with E-state index in [0.29, 0.717) is 37.0 Å². The van der Waals surface area contributed by atoms with Crippen molar-refractivity contribution < 1.29 is 14.3 Å². The molecular weight excluding hydrogens is 560 g/mol. The smallest absolute Gasteiger partial charge is 0.223 e. The van der Waals surface area contributed by atoms with Crippen molar-refractivity contribution in [1.82, 2.24) is 20.0 Å². The molecule has 1 N–H and O–H groups in total. The molecule has 3 aromatic carbocycles. The topological polar surface area (TPSA) is 78.5 Å². The Kier molecular flexibility index (Phi) is 9.42. The molecule has 7 nitrogen and oxygen atoms in total. The number of ether oxygens (including phenoxy) is 1. The molecule has 2 heterocycles. The van der Waals surface area contributed by atoms with Gasteiger partial charge in [0, 0.05) is 43.9 Å². The zero-order valence-electron chi connectivity index (χ0n) is 26.0. The monoisotopic (exact) mass is 602 g/mol. The Labute approximate surface area is 259 Å². The second-order valence-electron chi connectivity index (χ2n) is 13.3. The summed E-state index contributed by atoms with van der Waals surface area (Å²) in [7, 11) is 3.82. The van der Waals surface area contributed by atoms with Crippen molar-refractivity contribution in [2.45, 2.75) is 58.9 Å². The molecule has 1 aromatic heterocycles. The molecule has 43 heavy (non-hydrogen) atoms. The number of carbonyl (C=O) groups is 2. The average molecular weight is 603 g/mol. The molecular formula is C35H43ClN4O3. The number of amides is 1. The van der Waals surface area contributed by atoms with Crippen LogP contribution in [0.3, 0.4) is 0 Å². The third kappa shape index (κ3) is 7.22. The number of H-pyrrole nitrogens is 1. The zero-order chi connectivity index (χ0) is 30.7. The normalized spacial score (nSPS) is 15.4. The van der Waals surface area contributed by atoms with Crippen LogP contribution in [0.5, 0.6) is 5.75 Å². The van der Waals surface area contributed by atoms with Gasteiger partial charge >= 0.3 is 0 Å². The number of hydrogen-bond donors (Lipinski definition) is 1. The maximum Gasteiger partial charge on any atom is 0.223 e. The first-order valence-corrected chi connectivity index (χ1v) is 15.6. The van der Waals surface area contributed by atoms with Gasteiger partial charge in [0.2, 0.25) is 5.91 Å². The molecule has 8 heteroatoms. The third-order valence-corrected chi connectivity index (χ3v) is 8.86. The molecule has 0 saturated carbocycles. The maximum absolute atomic E-state index is 13.4. The van der Waals surface area contributed by atoms with Crippen LogP contribution in [0.2, 0.25) is 5.02 Å². The van der Waals surface area contributed by atoms with Gasteiger partial charge in [-0.3, -0.25) is 9.89 Å². The Morgan fingerprint density at radius 1 is 1.19 bits per heavy atom. The highest BCUT2D eigenvalue weighted by molar-refractivity contribution is 6.35. The Hall–Kier alpha value is -3.42. The molecule has 1 amide bonds. The number of fused-ring (bicyclic) bond motifs is 2. The first kappa shape index (κ1) is 31.0. The second kappa shape index (κ2) is 13.1. The number of aromatic nitrogens is 2. The van der Waals surface area contributed by atoms with Crippen molar-refractivity contribution in [2.24, 2.45) is 11.3 Å². The van der Waals surface area contributed by atoms with Crippen LogP contribution in [-0.4, -0.2) is 66.0 Å². The number of nitrogens with one attached hydrogen (secondary N) is 1. The van der Waals surface area contributed by atoms with Gasteiger partial charge in [-0.05, 0) is 83.3 Å². The van der Waals surface area contributed by atoms with Crippen LogP contribution in [0, 0.1) is 11.3 Å². The summed E-state index contributed by atoms with van der Waals surface area (Å²) in [5.41, 5.74) is 4.24. The number of hydrogen-bond acceptors (Lipinski definition) is 5. The number of rotatable bonds is 10. The minimum absolute atomic E-state index is 0.0305. The van der Waals surface area contributed by atoms with E-state index in [0.717, 1.165) is 58.8 Å². The standard InChI is InChI=1S/C35H43ClN4O3/c1-35(2,3)22-39(4)20-30-27(17-31(36)34-29(30)19-37-38-34)14-23(21-41)15-33(42)40-12-10-24(11-13-40)28-16-25-8-6-7-9-26(25)18-32(28)43-5/h6-9,16-19,21,23-24H,10-15,20,22H2,1-5H3,(H,37,38)/t23-/m0/s1. The van der Waals surface area contributed by atoms with Crippen molar-refractivity contribution in [1.29, 1.82) is 0 Å². The SMILES string of the molecule is COc1cc2ccccc2cc1C1CCN(C(=O)C[C@@H](C=O)Cc2cc(Cl)c3[nH]ncc3c2CN(C)CC(C)(C)C)CC1. The molecule has 0 radical (unpaired) electrons. The number of methoxy groups -OCH3 is 1. The van der Waals surface area contributed by atoms with Crippen LogP contribution < -0.4 is 4.74 Å². The molecule has 0 aliphatic carbocycles. The number of benzene rings is 3. The minimum Gasteiger partial charge on any atom is -0.496 e. The molecule has 228 valence electrons. The fraction of sp³-hybridized carbons (Fsp3) is 0.457. The lowest BCUT2D eigenvalue weighted by Crippen LogP contribution is -2.39. The predicted octanol–water partition coefficient (Wildman–Crippen LogP) is 7.01. The summed E-state index contributed by atoms with van der Waals surface area (Å²) in [6.45, 7) is 9.59. The predicted molar refractivity (Wildman–Crippen MR) is 174 cm³/mol. The van der Waals surface area contributed by atoms with Crippen LogP contribution in [0.25, 0.3) is 21.7 Å². The van der Waals surface area contributed by atoms with Crippen molar-refractivity contribution >= 4 is 45.5 Å². The summed E-state index contributed by atoms with van der Waals surface area (Å²) < 4.78 is 5.75. The summed E-state index contributed by atoms with van der Waals surface area (Å²) in [5.74, 6) is 0.824. The van der Waals surface area contributed by atoms with Crippen LogP contribution in [0.4, 0.5) is 0 Å². The summed E-state index contributed by atoms with van der Waals surface area (Å²) in [4.78, 5) is 30.0. The number of aldehydes is 1. The van der Waals surface area contributed by atoms with E-state index in [2.05, 4.69) is 73.2 Å². The van der Waals surface area contributed by atoms with E-state index >= 15 is 0 Å². The van der Waals surface area contributed by atoms with Gasteiger partial charge in [-0.1, -0.05) is 56.6 Å². The molecule has 5 rings (SSSR count). The first-order valence-electron chi connectivity index (χ1n) is 15.2. The Balaban J connectivity index is 1.27. The van der Waals surface area contributed by atoms with Gasteiger partial charge < -0.3 is 19.3 Å². The van der Waals surface area contributed by atoms with Crippen LogP contribution >= 0.6 is 11.6 Å². The van der Waals surface area contributed by atoms with E-state index in [9.17, 15) is 9.59 Å². The maximum atomic E-state index is 13.4. The van der Waals surface area contributed by atoms with E-state index in [1.165, 1.54) is 10.9 Å². The number of carbonyl (C=O) groups excluding carboxylic acids is 2. The Morgan fingerprint density at radius 2 is 1.88 bits per heavy atom. The van der Waals surface area contributed by atoms with E-state index < -0.39 is 5.92 Å². The summed E-state index contributed by atoms with van der Waals surface area (Å²) >= 11 is 6.63. The van der Waals surface area contributed by atoms with Crippen molar-refractivity contribution in [3.8, 4) is 5.75 Å². The highest BCUT2D eigenvalue weighted by Crippen LogP contribution is 2.37. The lowest BCUT2D eigenvalue weighted by molar-refractivity contribution is -0.134. The molecule has 1 aliphatic heterocycles. The van der Waals surface area contributed by atoms with Crippen molar-refractivity contribution in [2.75, 3.05) is 33.8 Å². The van der Waals surface area contributed by atoms with Gasteiger partial charge in [-0.2, -0.15) is 5.10 Å². The largest absolute Gasteiger partial charge is 0.496 e. The van der Waals surface area contributed by atoms with Crippen LogP contribution in [-0.2, 0) is 22.6 Å². The van der Waals surface area contributed by atoms with Gasteiger partial charge in [0.15, 0.2) is 0 Å². The van der Waals surface area contributed by atoms with Gasteiger partial charge in [-0.15, -0.1) is 0 Å². The highest BCUT2D eigenvalue weighted by atomic mass is 35.5. The lowest BCUT2D eigenvalue weighted by Gasteiger charge is -2.33. The number of nitrogens with zero attached hydrogens (tertiary/aromatic N) is 3. The Bertz CT molecular complexity index is 1600. The second-order valence-corrected chi connectivity index (χ2v) is 13.7. The number of halogens is 1. The molecule has 1 atom stereocenters. The molecule has 1 saturated heterocycles. The first-order chi connectivity index (χ1) is 20.6. The minimum atomic E-state index is -0.433. The highest BCUT2D eigenvalue weighted by Gasteiger charge is 2.28. The quantitative estimate of drug-likeness (QED) is 0.198. The average Bonchev–Trinajstić information content (AvgIpc) is 3.48. The van der Waals surface area contributed by atoms with Crippen LogP contribution in [0.1, 0.15) is 62.6 Å². The molecule has 4 aromatic rings. The van der Waals surface area contributed by atoms with Crippen molar-refractivity contribution in [3.05, 3.63) is 70.4 Å². The molecule has 0 unspecified atom stereocenters. The van der Waals surface area contributed by atoms with Crippen LogP contribution in [0.15, 0.2) is 48.7 Å². The zero-order valence-corrected chi connectivity index (χ0v) is 26.7. The fourth-order valence-electron chi connectivity index (χ4n) is 6.66. The van der Waals surface area contributed by atoms with E-state index in [-0.39, 0.29) is 17.7 Å². The number of likely N-dealkylation sites (tertiary alicyclic amines) is 1. The van der Waals surface area contributed by atoms with Gasteiger partial charge in [0.05, 0.1) is 23.8 Å². The van der Waals surface area contributed by atoms with Gasteiger partial charge in [-0.25, -0.2) is 0 Å². The van der Waals surface area contributed by atoms with E-state index in [4.69, 9.17) is 16.3 Å². The van der Waals surface area contributed by atoms with Gasteiger partial charge in [0.25, 0.3) is 0 Å². The molecule has 0 spiro atoms. The number of aromatic amines is 1. The Morgan fingerprint density at radius 3 is 2.53 bits per heavy atom.